The molecule has 0 amide bonds. The minimum absolute atomic E-state index is 0.308. The maximum Gasteiger partial charge on any atom is 0.274 e. The van der Waals surface area contributed by atoms with Crippen molar-refractivity contribution in [3.05, 3.63) is 23.4 Å². The molecule has 0 saturated heterocycles. The van der Waals surface area contributed by atoms with Crippen LogP contribution in [0.2, 0.25) is 0 Å². The molecule has 2 unspecified atom stereocenters. The van der Waals surface area contributed by atoms with E-state index in [9.17, 15) is 8.42 Å². The standard InChI is InChI=1S/C7H11ClN2O3S/c1-4-2-6(14(11,12)13)7(8,10)3-5(4)9/h2-3,6H,9-10H2,1H3,(H,11,12,13). The van der Waals surface area contributed by atoms with Crippen LogP contribution in [-0.4, -0.2) is 23.2 Å². The zero-order valence-electron chi connectivity index (χ0n) is 7.44. The molecule has 2 atom stereocenters. The van der Waals surface area contributed by atoms with Crippen molar-refractivity contribution in [1.29, 1.82) is 0 Å². The molecule has 14 heavy (non-hydrogen) atoms. The van der Waals surface area contributed by atoms with Crippen molar-refractivity contribution in [3.8, 4) is 0 Å². The summed E-state index contributed by atoms with van der Waals surface area (Å²) < 4.78 is 30.7. The van der Waals surface area contributed by atoms with Gasteiger partial charge in [0.15, 0.2) is 0 Å². The molecule has 5 N–H and O–H groups in total. The Morgan fingerprint density at radius 1 is 1.64 bits per heavy atom. The first-order valence-electron chi connectivity index (χ1n) is 3.76. The molecule has 0 aromatic heterocycles. The van der Waals surface area contributed by atoms with Crippen LogP contribution in [0.1, 0.15) is 6.92 Å². The quantitative estimate of drug-likeness (QED) is 0.337. The van der Waals surface area contributed by atoms with Crippen LogP contribution in [0.5, 0.6) is 0 Å². The van der Waals surface area contributed by atoms with Crippen LogP contribution >= 0.6 is 11.6 Å². The van der Waals surface area contributed by atoms with Gasteiger partial charge in [0.2, 0.25) is 0 Å². The minimum Gasteiger partial charge on any atom is -0.399 e. The Morgan fingerprint density at radius 2 is 2.14 bits per heavy atom. The summed E-state index contributed by atoms with van der Waals surface area (Å²) in [4.78, 5) is -1.70. The second-order valence-electron chi connectivity index (χ2n) is 3.21. The zero-order valence-corrected chi connectivity index (χ0v) is 9.01. The van der Waals surface area contributed by atoms with Gasteiger partial charge in [-0.3, -0.25) is 4.55 Å². The Bertz CT molecular complexity index is 411. The Morgan fingerprint density at radius 3 is 2.57 bits per heavy atom. The Balaban J connectivity index is 3.25. The Kier molecular flexibility index (Phi) is 2.66. The summed E-state index contributed by atoms with van der Waals surface area (Å²) in [5, 5.41) is -1.37. The van der Waals surface area contributed by atoms with Crippen LogP contribution in [0.15, 0.2) is 23.4 Å². The molecule has 0 bridgehead atoms. The van der Waals surface area contributed by atoms with E-state index in [4.69, 9.17) is 27.6 Å². The van der Waals surface area contributed by atoms with Gasteiger partial charge in [-0.2, -0.15) is 8.42 Å². The van der Waals surface area contributed by atoms with E-state index in [1.165, 1.54) is 12.2 Å². The number of hydrogen-bond donors (Lipinski definition) is 3. The molecule has 0 aliphatic heterocycles. The maximum absolute atomic E-state index is 10.9. The molecule has 1 rings (SSSR count). The third-order valence-corrected chi connectivity index (χ3v) is 3.63. The molecule has 0 aromatic rings. The van der Waals surface area contributed by atoms with Crippen molar-refractivity contribution in [3.63, 3.8) is 0 Å². The summed E-state index contributed by atoms with van der Waals surface area (Å²) in [5.41, 5.74) is 11.8. The molecule has 0 spiro atoms. The number of halogens is 1. The van der Waals surface area contributed by atoms with Gasteiger partial charge in [-0.05, 0) is 18.6 Å². The molecule has 1 aliphatic rings. The lowest BCUT2D eigenvalue weighted by Crippen LogP contribution is -2.49. The summed E-state index contributed by atoms with van der Waals surface area (Å²) in [6.45, 7) is 1.61. The molecule has 7 heteroatoms. The monoisotopic (exact) mass is 238 g/mol. The van der Waals surface area contributed by atoms with E-state index >= 15 is 0 Å². The summed E-state index contributed by atoms with van der Waals surface area (Å²) in [6, 6.07) is 0. The fourth-order valence-corrected chi connectivity index (χ4v) is 2.62. The molecule has 0 saturated carbocycles. The van der Waals surface area contributed by atoms with Gasteiger partial charge in [-0.25, -0.2) is 0 Å². The normalized spacial score (nSPS) is 33.6. The number of nitrogens with two attached hydrogens (primary N) is 2. The van der Waals surface area contributed by atoms with Crippen LogP contribution in [0.25, 0.3) is 0 Å². The van der Waals surface area contributed by atoms with Crippen molar-refractivity contribution < 1.29 is 13.0 Å². The van der Waals surface area contributed by atoms with Gasteiger partial charge in [-0.1, -0.05) is 17.7 Å². The molecular weight excluding hydrogens is 228 g/mol. The van der Waals surface area contributed by atoms with E-state index < -0.39 is 20.4 Å². The molecule has 80 valence electrons. The van der Waals surface area contributed by atoms with Crippen LogP contribution < -0.4 is 11.5 Å². The SMILES string of the molecule is CC1=CC(S(=O)(=O)O)C(N)(Cl)C=C1N. The predicted octanol–water partition coefficient (Wildman–Crippen LogP) is -0.0609. The van der Waals surface area contributed by atoms with E-state index in [0.717, 1.165) is 0 Å². The second kappa shape index (κ2) is 3.23. The smallest absolute Gasteiger partial charge is 0.274 e. The van der Waals surface area contributed by atoms with Crippen LogP contribution in [-0.2, 0) is 10.1 Å². The Hall–Kier alpha value is -0.560. The molecule has 0 aromatic carbocycles. The average molecular weight is 239 g/mol. The summed E-state index contributed by atoms with van der Waals surface area (Å²) in [6.07, 6.45) is 2.44. The topological polar surface area (TPSA) is 106 Å². The van der Waals surface area contributed by atoms with E-state index in [1.807, 2.05) is 0 Å². The first kappa shape index (κ1) is 11.5. The van der Waals surface area contributed by atoms with E-state index in [2.05, 4.69) is 0 Å². The fourth-order valence-electron chi connectivity index (χ4n) is 1.20. The van der Waals surface area contributed by atoms with Gasteiger partial charge in [0, 0.05) is 5.70 Å². The van der Waals surface area contributed by atoms with Crippen molar-refractivity contribution >= 4 is 21.7 Å². The van der Waals surface area contributed by atoms with E-state index in [0.29, 0.717) is 11.3 Å². The van der Waals surface area contributed by atoms with Gasteiger partial charge in [0.05, 0.1) is 0 Å². The van der Waals surface area contributed by atoms with Gasteiger partial charge in [0.25, 0.3) is 10.1 Å². The van der Waals surface area contributed by atoms with Crippen LogP contribution in [0.3, 0.4) is 0 Å². The molecule has 5 nitrogen and oxygen atoms in total. The summed E-state index contributed by atoms with van der Waals surface area (Å²) in [7, 11) is -4.32. The molecule has 0 radical (unpaired) electrons. The van der Waals surface area contributed by atoms with Crippen molar-refractivity contribution in [2.45, 2.75) is 17.2 Å². The average Bonchev–Trinajstić information content (AvgIpc) is 1.93. The fraction of sp³-hybridized carbons (Fsp3) is 0.429. The summed E-state index contributed by atoms with van der Waals surface area (Å²) >= 11 is 5.72. The van der Waals surface area contributed by atoms with Gasteiger partial charge >= 0.3 is 0 Å². The third-order valence-electron chi connectivity index (χ3n) is 1.99. The number of alkyl halides is 1. The number of allylic oxidation sites excluding steroid dienone is 1. The highest BCUT2D eigenvalue weighted by atomic mass is 35.5. The van der Waals surface area contributed by atoms with Crippen molar-refractivity contribution in [2.24, 2.45) is 11.5 Å². The highest BCUT2D eigenvalue weighted by molar-refractivity contribution is 7.86. The largest absolute Gasteiger partial charge is 0.399 e. The lowest BCUT2D eigenvalue weighted by Gasteiger charge is -2.29. The van der Waals surface area contributed by atoms with Gasteiger partial charge in [0.1, 0.15) is 10.2 Å². The van der Waals surface area contributed by atoms with Crippen LogP contribution in [0.4, 0.5) is 0 Å². The summed E-state index contributed by atoms with van der Waals surface area (Å²) in [5.74, 6) is 0. The molecule has 0 heterocycles. The number of rotatable bonds is 1. The maximum atomic E-state index is 10.9. The van der Waals surface area contributed by atoms with E-state index in [1.54, 1.807) is 6.92 Å². The molecule has 0 fully saturated rings. The molecular formula is C7H11ClN2O3S. The lowest BCUT2D eigenvalue weighted by atomic mass is 10.0. The van der Waals surface area contributed by atoms with E-state index in [-0.39, 0.29) is 0 Å². The zero-order chi connectivity index (χ0) is 11.1. The highest BCUT2D eigenvalue weighted by Crippen LogP contribution is 2.29. The molecule has 1 aliphatic carbocycles. The highest BCUT2D eigenvalue weighted by Gasteiger charge is 2.41. The predicted molar refractivity (Wildman–Crippen MR) is 54.1 cm³/mol. The second-order valence-corrected chi connectivity index (χ2v) is 5.40. The lowest BCUT2D eigenvalue weighted by molar-refractivity contribution is 0.465. The third kappa shape index (κ3) is 2.09. The first-order valence-corrected chi connectivity index (χ1v) is 5.64. The Labute approximate surface area is 87.2 Å². The van der Waals surface area contributed by atoms with Crippen molar-refractivity contribution in [2.75, 3.05) is 0 Å². The van der Waals surface area contributed by atoms with Gasteiger partial charge < -0.3 is 11.5 Å². The number of hydrogen-bond acceptors (Lipinski definition) is 4. The minimum atomic E-state index is -4.32. The first-order chi connectivity index (χ1) is 6.14. The van der Waals surface area contributed by atoms with Gasteiger partial charge in [-0.15, -0.1) is 0 Å². The van der Waals surface area contributed by atoms with Crippen LogP contribution in [0, 0.1) is 0 Å². The van der Waals surface area contributed by atoms with Crippen molar-refractivity contribution in [1.82, 2.24) is 0 Å².